The van der Waals surface area contributed by atoms with Gasteiger partial charge in [-0.1, -0.05) is 17.7 Å². The standard InChI is InChI=1S/C13H12ClN3O4/c1-2-21-13(20)10-9(15)11(12(18)19)17(16-10)8-5-3-4-7(14)6-8/h3-6H,2,15H2,1H3,(H,18,19). The Morgan fingerprint density at radius 2 is 2.19 bits per heavy atom. The summed E-state index contributed by atoms with van der Waals surface area (Å²) in [5.41, 5.74) is 5.28. The van der Waals surface area contributed by atoms with Crippen molar-refractivity contribution in [2.75, 3.05) is 12.3 Å². The number of halogens is 1. The van der Waals surface area contributed by atoms with Crippen molar-refractivity contribution in [2.24, 2.45) is 0 Å². The van der Waals surface area contributed by atoms with Gasteiger partial charge in [0.2, 0.25) is 0 Å². The molecular weight excluding hydrogens is 298 g/mol. The maximum atomic E-state index is 11.8. The van der Waals surface area contributed by atoms with Gasteiger partial charge < -0.3 is 15.6 Å². The van der Waals surface area contributed by atoms with Crippen LogP contribution < -0.4 is 5.73 Å². The van der Waals surface area contributed by atoms with E-state index in [1.54, 1.807) is 25.1 Å². The number of carboxylic acids is 1. The molecule has 0 radical (unpaired) electrons. The van der Waals surface area contributed by atoms with E-state index in [0.717, 1.165) is 4.68 Å². The molecule has 0 saturated carbocycles. The number of anilines is 1. The molecule has 1 aromatic carbocycles. The molecule has 0 atom stereocenters. The summed E-state index contributed by atoms with van der Waals surface area (Å²) in [7, 11) is 0. The lowest BCUT2D eigenvalue weighted by atomic mass is 10.2. The molecule has 7 nitrogen and oxygen atoms in total. The van der Waals surface area contributed by atoms with Gasteiger partial charge >= 0.3 is 11.9 Å². The van der Waals surface area contributed by atoms with Crippen molar-refractivity contribution in [2.45, 2.75) is 6.92 Å². The number of carbonyl (C=O) groups is 2. The Hall–Kier alpha value is -2.54. The van der Waals surface area contributed by atoms with Crippen LogP contribution in [0.3, 0.4) is 0 Å². The minimum absolute atomic E-state index is 0.130. The van der Waals surface area contributed by atoms with Gasteiger partial charge in [-0.05, 0) is 25.1 Å². The summed E-state index contributed by atoms with van der Waals surface area (Å²) in [6.45, 7) is 1.75. The lowest BCUT2D eigenvalue weighted by Crippen LogP contribution is -2.09. The molecule has 3 N–H and O–H groups in total. The second-order valence-corrected chi connectivity index (χ2v) is 4.46. The van der Waals surface area contributed by atoms with Crippen LogP contribution in [0.1, 0.15) is 27.9 Å². The fourth-order valence-corrected chi connectivity index (χ4v) is 1.97. The van der Waals surface area contributed by atoms with Crippen molar-refractivity contribution < 1.29 is 19.4 Å². The number of hydrogen-bond donors (Lipinski definition) is 2. The fraction of sp³-hybridized carbons (Fsp3) is 0.154. The van der Waals surface area contributed by atoms with Crippen molar-refractivity contribution in [3.05, 3.63) is 40.7 Å². The zero-order chi connectivity index (χ0) is 15.6. The normalized spacial score (nSPS) is 10.4. The average molecular weight is 310 g/mol. The number of aromatic carboxylic acids is 1. The van der Waals surface area contributed by atoms with Crippen molar-refractivity contribution in [3.63, 3.8) is 0 Å². The Labute approximate surface area is 124 Å². The molecular formula is C13H12ClN3O4. The number of ether oxygens (including phenoxy) is 1. The minimum Gasteiger partial charge on any atom is -0.476 e. The summed E-state index contributed by atoms with van der Waals surface area (Å²) < 4.78 is 5.85. The van der Waals surface area contributed by atoms with E-state index in [4.69, 9.17) is 22.1 Å². The molecule has 0 aliphatic carbocycles. The van der Waals surface area contributed by atoms with E-state index in [9.17, 15) is 14.7 Å². The smallest absolute Gasteiger partial charge is 0.361 e. The van der Waals surface area contributed by atoms with Gasteiger partial charge in [-0.3, -0.25) is 0 Å². The van der Waals surface area contributed by atoms with Crippen LogP contribution in [0.15, 0.2) is 24.3 Å². The molecule has 1 aromatic heterocycles. The summed E-state index contributed by atoms with van der Waals surface area (Å²) in [6.07, 6.45) is 0. The molecule has 110 valence electrons. The number of nitrogens with zero attached hydrogens (tertiary/aromatic N) is 2. The highest BCUT2D eigenvalue weighted by Gasteiger charge is 2.26. The Kier molecular flexibility index (Phi) is 4.13. The first-order valence-electron chi connectivity index (χ1n) is 6.00. The lowest BCUT2D eigenvalue weighted by molar-refractivity contribution is 0.0519. The molecule has 0 fully saturated rings. The summed E-state index contributed by atoms with van der Waals surface area (Å²) in [5, 5.41) is 13.6. The molecule has 0 aliphatic heterocycles. The van der Waals surface area contributed by atoms with Gasteiger partial charge in [-0.2, -0.15) is 5.10 Å². The number of esters is 1. The third kappa shape index (κ3) is 2.82. The topological polar surface area (TPSA) is 107 Å². The van der Waals surface area contributed by atoms with Gasteiger partial charge in [-0.25, -0.2) is 14.3 Å². The number of nitrogen functional groups attached to an aromatic ring is 1. The molecule has 2 aromatic rings. The second-order valence-electron chi connectivity index (χ2n) is 4.03. The molecule has 8 heteroatoms. The molecule has 0 unspecified atom stereocenters. The van der Waals surface area contributed by atoms with Crippen LogP contribution in [-0.4, -0.2) is 33.4 Å². The number of nitrogens with two attached hydrogens (primary N) is 1. The quantitative estimate of drug-likeness (QED) is 0.836. The van der Waals surface area contributed by atoms with Crippen LogP contribution in [0.5, 0.6) is 0 Å². The van der Waals surface area contributed by atoms with E-state index in [1.165, 1.54) is 6.07 Å². The lowest BCUT2D eigenvalue weighted by Gasteiger charge is -2.04. The Balaban J connectivity index is 2.63. The molecule has 0 aliphatic rings. The molecule has 21 heavy (non-hydrogen) atoms. The van der Waals surface area contributed by atoms with Crippen LogP contribution in [0, 0.1) is 0 Å². The van der Waals surface area contributed by atoms with Crippen LogP contribution >= 0.6 is 11.6 Å². The molecule has 0 amide bonds. The van der Waals surface area contributed by atoms with Crippen molar-refractivity contribution in [1.82, 2.24) is 9.78 Å². The number of hydrogen-bond acceptors (Lipinski definition) is 5. The zero-order valence-electron chi connectivity index (χ0n) is 11.0. The largest absolute Gasteiger partial charge is 0.476 e. The summed E-state index contributed by atoms with van der Waals surface area (Å²) in [6, 6.07) is 6.37. The summed E-state index contributed by atoms with van der Waals surface area (Å²) >= 11 is 5.87. The number of benzene rings is 1. The number of carbonyl (C=O) groups excluding carboxylic acids is 1. The maximum Gasteiger partial charge on any atom is 0.361 e. The van der Waals surface area contributed by atoms with E-state index in [1.807, 2.05) is 0 Å². The van der Waals surface area contributed by atoms with Crippen LogP contribution in [-0.2, 0) is 4.74 Å². The molecule has 0 saturated heterocycles. The summed E-state index contributed by atoms with van der Waals surface area (Å²) in [4.78, 5) is 23.1. The van der Waals surface area contributed by atoms with Gasteiger partial charge in [0, 0.05) is 5.02 Å². The van der Waals surface area contributed by atoms with E-state index >= 15 is 0 Å². The average Bonchev–Trinajstić information content (AvgIpc) is 2.77. The molecule has 0 spiro atoms. The third-order valence-electron chi connectivity index (χ3n) is 2.65. The van der Waals surface area contributed by atoms with Crippen molar-refractivity contribution in [1.29, 1.82) is 0 Å². The monoisotopic (exact) mass is 309 g/mol. The van der Waals surface area contributed by atoms with Crippen molar-refractivity contribution in [3.8, 4) is 5.69 Å². The Morgan fingerprint density at radius 1 is 1.48 bits per heavy atom. The van der Waals surface area contributed by atoms with E-state index in [0.29, 0.717) is 10.7 Å². The highest BCUT2D eigenvalue weighted by molar-refractivity contribution is 6.30. The zero-order valence-corrected chi connectivity index (χ0v) is 11.8. The van der Waals surface area contributed by atoms with Gasteiger partial charge in [0.05, 0.1) is 12.3 Å². The first-order chi connectivity index (χ1) is 9.95. The number of aromatic nitrogens is 2. The van der Waals surface area contributed by atoms with E-state index < -0.39 is 11.9 Å². The van der Waals surface area contributed by atoms with Gasteiger partial charge in [0.15, 0.2) is 11.4 Å². The predicted octanol–water partition coefficient (Wildman–Crippen LogP) is 1.98. The highest BCUT2D eigenvalue weighted by Crippen LogP contribution is 2.23. The Morgan fingerprint density at radius 3 is 2.76 bits per heavy atom. The van der Waals surface area contributed by atoms with Crippen LogP contribution in [0.2, 0.25) is 5.02 Å². The molecule has 1 heterocycles. The van der Waals surface area contributed by atoms with Crippen molar-refractivity contribution >= 4 is 29.2 Å². The van der Waals surface area contributed by atoms with Gasteiger partial charge in [0.25, 0.3) is 0 Å². The van der Waals surface area contributed by atoms with E-state index in [2.05, 4.69) is 5.10 Å². The summed E-state index contributed by atoms with van der Waals surface area (Å²) in [5.74, 6) is -2.09. The molecule has 0 bridgehead atoms. The molecule has 2 rings (SSSR count). The Bertz CT molecular complexity index is 711. The third-order valence-corrected chi connectivity index (χ3v) is 2.88. The second kappa shape index (κ2) is 5.84. The number of rotatable bonds is 4. The SMILES string of the molecule is CCOC(=O)c1nn(-c2cccc(Cl)c2)c(C(=O)O)c1N. The number of carboxylic acid groups (broad SMARTS) is 1. The first-order valence-corrected chi connectivity index (χ1v) is 6.38. The van der Waals surface area contributed by atoms with Crippen LogP contribution in [0.4, 0.5) is 5.69 Å². The maximum absolute atomic E-state index is 11.8. The van der Waals surface area contributed by atoms with Gasteiger partial charge in [-0.15, -0.1) is 0 Å². The fourth-order valence-electron chi connectivity index (χ4n) is 1.78. The predicted molar refractivity (Wildman–Crippen MR) is 75.9 cm³/mol. The first kappa shape index (κ1) is 14.9. The minimum atomic E-state index is -1.31. The van der Waals surface area contributed by atoms with Gasteiger partial charge in [0.1, 0.15) is 5.69 Å². The van der Waals surface area contributed by atoms with E-state index in [-0.39, 0.29) is 23.7 Å². The highest BCUT2D eigenvalue weighted by atomic mass is 35.5. The van der Waals surface area contributed by atoms with Crippen LogP contribution in [0.25, 0.3) is 5.69 Å².